The third-order valence-electron chi connectivity index (χ3n) is 1.85. The Bertz CT molecular complexity index is 266. The van der Waals surface area contributed by atoms with Crippen molar-refractivity contribution in [1.29, 1.82) is 0 Å². The molecule has 5 nitrogen and oxygen atoms in total. The number of aliphatic hydroxyl groups is 1. The van der Waals surface area contributed by atoms with Crippen LogP contribution in [0.1, 0.15) is 18.7 Å². The van der Waals surface area contributed by atoms with Gasteiger partial charge in [0.1, 0.15) is 0 Å². The first kappa shape index (κ1) is 11.5. The molecule has 1 aromatic rings. The van der Waals surface area contributed by atoms with Gasteiger partial charge < -0.3 is 5.11 Å². The smallest absolute Gasteiger partial charge is 0.177 e. The molecule has 0 bridgehead atoms. The predicted octanol–water partition coefficient (Wildman–Crippen LogP) is 0.257. The van der Waals surface area contributed by atoms with Gasteiger partial charge in [0.2, 0.25) is 0 Å². The van der Waals surface area contributed by atoms with E-state index in [1.807, 2.05) is 0 Å². The van der Waals surface area contributed by atoms with E-state index in [0.717, 1.165) is 18.6 Å². The zero-order valence-electron chi connectivity index (χ0n) is 8.55. The van der Waals surface area contributed by atoms with E-state index in [0.29, 0.717) is 12.2 Å². The first-order valence-electron chi connectivity index (χ1n) is 4.62. The van der Waals surface area contributed by atoms with Crippen LogP contribution in [-0.4, -0.2) is 43.4 Å². The molecule has 0 saturated carbocycles. The Morgan fingerprint density at radius 3 is 2.93 bits per heavy atom. The molecule has 1 N–H and O–H groups in total. The summed E-state index contributed by atoms with van der Waals surface area (Å²) < 4.78 is 0. The van der Waals surface area contributed by atoms with Gasteiger partial charge in [-0.15, -0.1) is 10.2 Å². The van der Waals surface area contributed by atoms with Crippen LogP contribution in [0.25, 0.3) is 0 Å². The van der Waals surface area contributed by atoms with Gasteiger partial charge in [0.15, 0.2) is 5.82 Å². The van der Waals surface area contributed by atoms with Gasteiger partial charge in [-0.25, -0.2) is 0 Å². The molecule has 0 amide bonds. The van der Waals surface area contributed by atoms with E-state index in [-0.39, 0.29) is 6.10 Å². The highest BCUT2D eigenvalue weighted by molar-refractivity contribution is 7.98. The Morgan fingerprint density at radius 1 is 1.57 bits per heavy atom. The second-order valence-electron chi connectivity index (χ2n) is 3.19. The standard InChI is InChI=1S/C8H16N4OS/c1-12-10-8(9-11-12)6-7(13)4-3-5-14-2/h7,13H,3-6H2,1-2H3. The lowest BCUT2D eigenvalue weighted by atomic mass is 10.1. The van der Waals surface area contributed by atoms with Gasteiger partial charge in [-0.3, -0.25) is 0 Å². The number of hydrogen-bond donors (Lipinski definition) is 1. The molecule has 0 aliphatic carbocycles. The lowest BCUT2D eigenvalue weighted by Gasteiger charge is -2.06. The van der Waals surface area contributed by atoms with E-state index in [2.05, 4.69) is 21.7 Å². The maximum Gasteiger partial charge on any atom is 0.177 e. The van der Waals surface area contributed by atoms with E-state index in [4.69, 9.17) is 0 Å². The normalized spacial score (nSPS) is 13.1. The summed E-state index contributed by atoms with van der Waals surface area (Å²) in [5, 5.41) is 21.1. The highest BCUT2D eigenvalue weighted by atomic mass is 32.2. The van der Waals surface area contributed by atoms with Gasteiger partial charge in [0, 0.05) is 6.42 Å². The van der Waals surface area contributed by atoms with E-state index < -0.39 is 0 Å². The van der Waals surface area contributed by atoms with E-state index in [1.54, 1.807) is 18.8 Å². The summed E-state index contributed by atoms with van der Waals surface area (Å²) in [6.45, 7) is 0. The Balaban J connectivity index is 2.23. The van der Waals surface area contributed by atoms with E-state index >= 15 is 0 Å². The molecular weight excluding hydrogens is 200 g/mol. The van der Waals surface area contributed by atoms with E-state index in [9.17, 15) is 5.11 Å². The fraction of sp³-hybridized carbons (Fsp3) is 0.875. The fourth-order valence-corrected chi connectivity index (χ4v) is 1.64. The number of aryl methyl sites for hydroxylation is 1. The lowest BCUT2D eigenvalue weighted by Crippen LogP contribution is -2.12. The summed E-state index contributed by atoms with van der Waals surface area (Å²) >= 11 is 1.80. The van der Waals surface area contributed by atoms with Crippen molar-refractivity contribution in [1.82, 2.24) is 20.2 Å². The minimum atomic E-state index is -0.341. The van der Waals surface area contributed by atoms with Crippen LogP contribution in [0.5, 0.6) is 0 Å². The summed E-state index contributed by atoms with van der Waals surface area (Å²) in [6, 6.07) is 0. The number of tetrazole rings is 1. The molecule has 0 aliphatic rings. The number of rotatable bonds is 6. The Morgan fingerprint density at radius 2 is 2.36 bits per heavy atom. The Labute approximate surface area is 87.9 Å². The van der Waals surface area contributed by atoms with Gasteiger partial charge >= 0.3 is 0 Å². The lowest BCUT2D eigenvalue weighted by molar-refractivity contribution is 0.162. The number of hydrogen-bond acceptors (Lipinski definition) is 5. The Kier molecular flexibility index (Phi) is 4.89. The van der Waals surface area contributed by atoms with Crippen molar-refractivity contribution in [3.63, 3.8) is 0 Å². The minimum Gasteiger partial charge on any atom is -0.393 e. The number of thioether (sulfide) groups is 1. The first-order chi connectivity index (χ1) is 6.72. The summed E-state index contributed by atoms with van der Waals surface area (Å²) in [5.74, 6) is 1.70. The molecule has 6 heteroatoms. The molecule has 1 heterocycles. The molecule has 1 atom stereocenters. The minimum absolute atomic E-state index is 0.341. The van der Waals surface area contributed by atoms with Crippen LogP contribution in [0.15, 0.2) is 0 Å². The fourth-order valence-electron chi connectivity index (χ4n) is 1.18. The zero-order chi connectivity index (χ0) is 10.4. The van der Waals surface area contributed by atoms with Crippen LogP contribution in [0.3, 0.4) is 0 Å². The number of nitrogens with zero attached hydrogens (tertiary/aromatic N) is 4. The molecule has 0 aromatic carbocycles. The number of aliphatic hydroxyl groups excluding tert-OH is 1. The maximum atomic E-state index is 9.61. The molecule has 1 unspecified atom stereocenters. The van der Waals surface area contributed by atoms with Crippen molar-refractivity contribution in [2.45, 2.75) is 25.4 Å². The molecule has 0 spiro atoms. The van der Waals surface area contributed by atoms with Crippen molar-refractivity contribution in [3.05, 3.63) is 5.82 Å². The van der Waals surface area contributed by atoms with Crippen LogP contribution in [0, 0.1) is 0 Å². The summed E-state index contributed by atoms with van der Waals surface area (Å²) in [4.78, 5) is 1.41. The molecule has 0 aliphatic heterocycles. The summed E-state index contributed by atoms with van der Waals surface area (Å²) in [5.41, 5.74) is 0. The van der Waals surface area contributed by atoms with Crippen LogP contribution < -0.4 is 0 Å². The Hall–Kier alpha value is -0.620. The molecular formula is C8H16N4OS. The quantitative estimate of drug-likeness (QED) is 0.691. The average molecular weight is 216 g/mol. The highest BCUT2D eigenvalue weighted by Crippen LogP contribution is 2.05. The molecule has 1 aromatic heterocycles. The SMILES string of the molecule is CSCCCC(O)Cc1nnn(C)n1. The molecule has 14 heavy (non-hydrogen) atoms. The van der Waals surface area contributed by atoms with Gasteiger partial charge in [-0.1, -0.05) is 0 Å². The van der Waals surface area contributed by atoms with Crippen molar-refractivity contribution in [2.24, 2.45) is 7.05 Å². The van der Waals surface area contributed by atoms with Crippen molar-refractivity contribution >= 4 is 11.8 Å². The third kappa shape index (κ3) is 4.06. The first-order valence-corrected chi connectivity index (χ1v) is 6.01. The molecule has 0 fully saturated rings. The van der Waals surface area contributed by atoms with Gasteiger partial charge in [-0.2, -0.15) is 16.6 Å². The van der Waals surface area contributed by atoms with Crippen molar-refractivity contribution < 1.29 is 5.11 Å². The topological polar surface area (TPSA) is 63.8 Å². The molecule has 80 valence electrons. The van der Waals surface area contributed by atoms with Gasteiger partial charge in [0.05, 0.1) is 13.2 Å². The summed E-state index contributed by atoms with van der Waals surface area (Å²) in [6.07, 6.45) is 4.06. The number of aromatic nitrogens is 4. The maximum absolute atomic E-state index is 9.61. The second kappa shape index (κ2) is 5.98. The van der Waals surface area contributed by atoms with Crippen LogP contribution >= 0.6 is 11.8 Å². The third-order valence-corrected chi connectivity index (χ3v) is 2.55. The predicted molar refractivity (Wildman–Crippen MR) is 56.1 cm³/mol. The van der Waals surface area contributed by atoms with Gasteiger partial charge in [0.25, 0.3) is 0 Å². The molecule has 0 saturated heterocycles. The van der Waals surface area contributed by atoms with E-state index in [1.165, 1.54) is 4.80 Å². The highest BCUT2D eigenvalue weighted by Gasteiger charge is 2.08. The van der Waals surface area contributed by atoms with Crippen LogP contribution in [-0.2, 0) is 13.5 Å². The summed E-state index contributed by atoms with van der Waals surface area (Å²) in [7, 11) is 1.72. The molecule has 1 rings (SSSR count). The zero-order valence-corrected chi connectivity index (χ0v) is 9.37. The van der Waals surface area contributed by atoms with Crippen molar-refractivity contribution in [2.75, 3.05) is 12.0 Å². The monoisotopic (exact) mass is 216 g/mol. The second-order valence-corrected chi connectivity index (χ2v) is 4.17. The molecule has 0 radical (unpaired) electrons. The van der Waals surface area contributed by atoms with Crippen LogP contribution in [0.2, 0.25) is 0 Å². The largest absolute Gasteiger partial charge is 0.393 e. The average Bonchev–Trinajstić information content (AvgIpc) is 2.52. The van der Waals surface area contributed by atoms with Crippen molar-refractivity contribution in [3.8, 4) is 0 Å². The van der Waals surface area contributed by atoms with Crippen LogP contribution in [0.4, 0.5) is 0 Å². The van der Waals surface area contributed by atoms with Gasteiger partial charge in [-0.05, 0) is 30.1 Å².